The summed E-state index contributed by atoms with van der Waals surface area (Å²) >= 11 is 0. The Morgan fingerprint density at radius 2 is 1.84 bits per heavy atom. The van der Waals surface area contributed by atoms with E-state index in [2.05, 4.69) is 43.0 Å². The highest BCUT2D eigenvalue weighted by Gasteiger charge is 2.41. The Labute approximate surface area is 117 Å². The number of rotatable bonds is 4. The predicted molar refractivity (Wildman–Crippen MR) is 80.2 cm³/mol. The van der Waals surface area contributed by atoms with Gasteiger partial charge < -0.3 is 5.73 Å². The van der Waals surface area contributed by atoms with E-state index in [0.29, 0.717) is 17.9 Å². The zero-order valence-corrected chi connectivity index (χ0v) is 12.2. The van der Waals surface area contributed by atoms with Gasteiger partial charge in [0.05, 0.1) is 0 Å². The molecule has 1 aliphatic heterocycles. The Hall–Kier alpha value is -0.860. The van der Waals surface area contributed by atoms with Crippen molar-refractivity contribution < 1.29 is 0 Å². The maximum Gasteiger partial charge on any atom is 0.0391 e. The van der Waals surface area contributed by atoms with E-state index in [0.717, 1.165) is 12.6 Å². The summed E-state index contributed by atoms with van der Waals surface area (Å²) in [6, 6.07) is 10.7. The summed E-state index contributed by atoms with van der Waals surface area (Å²) in [4.78, 5) is 2.71. The molecular formula is C17H26N2. The van der Waals surface area contributed by atoms with E-state index in [1.807, 2.05) is 0 Å². The van der Waals surface area contributed by atoms with E-state index >= 15 is 0 Å². The zero-order valence-electron chi connectivity index (χ0n) is 12.2. The summed E-state index contributed by atoms with van der Waals surface area (Å²) in [7, 11) is 0. The van der Waals surface area contributed by atoms with Gasteiger partial charge in [-0.1, -0.05) is 38.1 Å². The summed E-state index contributed by atoms with van der Waals surface area (Å²) in [5.74, 6) is 1.26. The van der Waals surface area contributed by atoms with Crippen LogP contribution in [-0.4, -0.2) is 24.0 Å². The van der Waals surface area contributed by atoms with Crippen LogP contribution in [0.4, 0.5) is 0 Å². The summed E-state index contributed by atoms with van der Waals surface area (Å²) < 4.78 is 0. The predicted octanol–water partition coefficient (Wildman–Crippen LogP) is 3.29. The number of nitrogens with two attached hydrogens (primary N) is 1. The van der Waals surface area contributed by atoms with Gasteiger partial charge in [-0.05, 0) is 55.3 Å². The minimum atomic E-state index is 0.568. The van der Waals surface area contributed by atoms with Crippen molar-refractivity contribution in [1.29, 1.82) is 0 Å². The molecule has 19 heavy (non-hydrogen) atoms. The summed E-state index contributed by atoms with van der Waals surface area (Å²) in [5, 5.41) is 0. The zero-order chi connectivity index (χ0) is 13.4. The van der Waals surface area contributed by atoms with Gasteiger partial charge >= 0.3 is 0 Å². The van der Waals surface area contributed by atoms with Crippen LogP contribution in [0.15, 0.2) is 24.3 Å². The van der Waals surface area contributed by atoms with E-state index in [9.17, 15) is 0 Å². The molecule has 2 nitrogen and oxygen atoms in total. The highest BCUT2D eigenvalue weighted by Crippen LogP contribution is 2.43. The summed E-state index contributed by atoms with van der Waals surface area (Å²) in [6.07, 6.45) is 4.04. The van der Waals surface area contributed by atoms with Gasteiger partial charge in [0.15, 0.2) is 0 Å². The Kier molecular flexibility index (Phi) is 3.64. The Morgan fingerprint density at radius 1 is 1.16 bits per heavy atom. The molecule has 0 radical (unpaired) electrons. The van der Waals surface area contributed by atoms with Crippen LogP contribution in [0.2, 0.25) is 0 Å². The average Bonchev–Trinajstić information content (AvgIpc) is 3.18. The van der Waals surface area contributed by atoms with Gasteiger partial charge in [-0.2, -0.15) is 0 Å². The third-order valence-electron chi connectivity index (χ3n) is 4.83. The number of hydrogen-bond donors (Lipinski definition) is 1. The maximum atomic E-state index is 6.00. The van der Waals surface area contributed by atoms with Crippen LogP contribution in [0.1, 0.15) is 56.2 Å². The molecule has 2 unspecified atom stereocenters. The van der Waals surface area contributed by atoms with Crippen molar-refractivity contribution in [3.63, 3.8) is 0 Å². The SMILES string of the molecule is CC(C)c1ccc(C2C(CN)CCN2C2CC2)cc1. The van der Waals surface area contributed by atoms with Gasteiger partial charge in [0.25, 0.3) is 0 Å². The molecule has 1 saturated carbocycles. The first-order valence-electron chi connectivity index (χ1n) is 7.76. The molecule has 1 aliphatic carbocycles. The van der Waals surface area contributed by atoms with Gasteiger partial charge in [0.1, 0.15) is 0 Å². The van der Waals surface area contributed by atoms with Crippen LogP contribution in [-0.2, 0) is 0 Å². The van der Waals surface area contributed by atoms with Crippen LogP contribution in [0.3, 0.4) is 0 Å². The van der Waals surface area contributed by atoms with Gasteiger partial charge in [-0.3, -0.25) is 4.90 Å². The molecule has 2 fully saturated rings. The lowest BCUT2D eigenvalue weighted by molar-refractivity contribution is 0.220. The highest BCUT2D eigenvalue weighted by molar-refractivity contribution is 5.28. The van der Waals surface area contributed by atoms with Crippen molar-refractivity contribution in [3.8, 4) is 0 Å². The monoisotopic (exact) mass is 258 g/mol. The lowest BCUT2D eigenvalue weighted by Crippen LogP contribution is -2.29. The number of nitrogens with zero attached hydrogens (tertiary/aromatic N) is 1. The van der Waals surface area contributed by atoms with Gasteiger partial charge in [0.2, 0.25) is 0 Å². The van der Waals surface area contributed by atoms with Crippen molar-refractivity contribution in [1.82, 2.24) is 4.90 Å². The Morgan fingerprint density at radius 3 is 2.37 bits per heavy atom. The highest BCUT2D eigenvalue weighted by atomic mass is 15.2. The lowest BCUT2D eigenvalue weighted by Gasteiger charge is -2.28. The second kappa shape index (κ2) is 5.26. The smallest absolute Gasteiger partial charge is 0.0391 e. The quantitative estimate of drug-likeness (QED) is 0.898. The summed E-state index contributed by atoms with van der Waals surface area (Å²) in [6.45, 7) is 6.57. The molecular weight excluding hydrogens is 232 g/mol. The minimum Gasteiger partial charge on any atom is -0.330 e. The fourth-order valence-electron chi connectivity index (χ4n) is 3.49. The van der Waals surface area contributed by atoms with Crippen LogP contribution in [0.5, 0.6) is 0 Å². The van der Waals surface area contributed by atoms with Crippen molar-refractivity contribution in [2.45, 2.75) is 51.1 Å². The molecule has 1 aromatic carbocycles. The van der Waals surface area contributed by atoms with E-state index < -0.39 is 0 Å². The van der Waals surface area contributed by atoms with Crippen LogP contribution >= 0.6 is 0 Å². The summed E-state index contributed by atoms with van der Waals surface area (Å²) in [5.41, 5.74) is 8.91. The van der Waals surface area contributed by atoms with Crippen LogP contribution in [0, 0.1) is 5.92 Å². The fraction of sp³-hybridized carbons (Fsp3) is 0.647. The fourth-order valence-corrected chi connectivity index (χ4v) is 3.49. The lowest BCUT2D eigenvalue weighted by atomic mass is 9.92. The van der Waals surface area contributed by atoms with Crippen molar-refractivity contribution in [2.75, 3.05) is 13.1 Å². The van der Waals surface area contributed by atoms with Crippen molar-refractivity contribution >= 4 is 0 Å². The first-order chi connectivity index (χ1) is 9.20. The Bertz CT molecular complexity index is 419. The topological polar surface area (TPSA) is 29.3 Å². The molecule has 0 amide bonds. The molecule has 2 atom stereocenters. The van der Waals surface area contributed by atoms with Gasteiger partial charge in [-0.15, -0.1) is 0 Å². The van der Waals surface area contributed by atoms with Gasteiger partial charge in [0, 0.05) is 12.1 Å². The first-order valence-corrected chi connectivity index (χ1v) is 7.76. The number of likely N-dealkylation sites (tertiary alicyclic amines) is 1. The normalized spacial score (nSPS) is 28.2. The minimum absolute atomic E-state index is 0.568. The number of benzene rings is 1. The average molecular weight is 258 g/mol. The third-order valence-corrected chi connectivity index (χ3v) is 4.83. The standard InChI is InChI=1S/C17H26N2/c1-12(2)13-3-5-14(6-4-13)17-15(11-18)9-10-19(17)16-7-8-16/h3-6,12,15-17H,7-11,18H2,1-2H3. The molecule has 1 saturated heterocycles. The maximum absolute atomic E-state index is 6.00. The molecule has 0 bridgehead atoms. The second-order valence-electron chi connectivity index (χ2n) is 6.52. The van der Waals surface area contributed by atoms with Crippen LogP contribution in [0.25, 0.3) is 0 Å². The Balaban J connectivity index is 1.84. The van der Waals surface area contributed by atoms with Crippen molar-refractivity contribution in [3.05, 3.63) is 35.4 Å². The van der Waals surface area contributed by atoms with Gasteiger partial charge in [-0.25, -0.2) is 0 Å². The molecule has 2 N–H and O–H groups in total. The van der Waals surface area contributed by atoms with Crippen LogP contribution < -0.4 is 5.73 Å². The second-order valence-corrected chi connectivity index (χ2v) is 6.52. The molecule has 0 spiro atoms. The third kappa shape index (κ3) is 2.56. The molecule has 3 rings (SSSR count). The van der Waals surface area contributed by atoms with E-state index in [1.54, 1.807) is 0 Å². The largest absolute Gasteiger partial charge is 0.330 e. The molecule has 0 aromatic heterocycles. The molecule has 2 heteroatoms. The number of hydrogen-bond acceptors (Lipinski definition) is 2. The molecule has 2 aliphatic rings. The molecule has 104 valence electrons. The van der Waals surface area contributed by atoms with E-state index in [4.69, 9.17) is 5.73 Å². The van der Waals surface area contributed by atoms with Crippen molar-refractivity contribution in [2.24, 2.45) is 11.7 Å². The van der Waals surface area contributed by atoms with E-state index in [-0.39, 0.29) is 0 Å². The molecule has 1 aromatic rings. The first kappa shape index (κ1) is 13.1. The molecule has 1 heterocycles. The van der Waals surface area contributed by atoms with E-state index in [1.165, 1.54) is 36.9 Å².